The van der Waals surface area contributed by atoms with Crippen molar-refractivity contribution in [2.75, 3.05) is 11.9 Å². The summed E-state index contributed by atoms with van der Waals surface area (Å²) in [6.07, 6.45) is 1.56. The Balaban J connectivity index is 1.76. The molecule has 0 saturated heterocycles. The fourth-order valence-electron chi connectivity index (χ4n) is 3.12. The van der Waals surface area contributed by atoms with Crippen LogP contribution in [0.15, 0.2) is 36.4 Å². The molecule has 0 radical (unpaired) electrons. The SMILES string of the molecule is O=C(O)CCCC(=O)C1CNc2ccc3ccccc3c2C1. The molecule has 4 heteroatoms. The van der Waals surface area contributed by atoms with Gasteiger partial charge in [0.25, 0.3) is 0 Å². The van der Waals surface area contributed by atoms with Gasteiger partial charge in [0.2, 0.25) is 0 Å². The van der Waals surface area contributed by atoms with Gasteiger partial charge >= 0.3 is 5.97 Å². The van der Waals surface area contributed by atoms with Crippen molar-refractivity contribution in [3.05, 3.63) is 42.0 Å². The third-order valence-corrected chi connectivity index (χ3v) is 4.30. The predicted octanol–water partition coefficient (Wildman–Crippen LogP) is 3.25. The van der Waals surface area contributed by atoms with E-state index in [9.17, 15) is 9.59 Å². The van der Waals surface area contributed by atoms with Crippen LogP contribution in [0, 0.1) is 5.92 Å². The number of benzene rings is 2. The highest BCUT2D eigenvalue weighted by Gasteiger charge is 2.25. The zero-order valence-corrected chi connectivity index (χ0v) is 12.3. The second-order valence-corrected chi connectivity index (χ2v) is 5.81. The number of carbonyl (C=O) groups excluding carboxylic acids is 1. The molecule has 1 unspecified atom stereocenters. The van der Waals surface area contributed by atoms with E-state index in [1.54, 1.807) is 0 Å². The Bertz CT molecular complexity index is 723. The van der Waals surface area contributed by atoms with Crippen LogP contribution in [0.25, 0.3) is 10.8 Å². The fraction of sp³-hybridized carbons (Fsp3) is 0.333. The average Bonchev–Trinajstić information content (AvgIpc) is 2.53. The van der Waals surface area contributed by atoms with Gasteiger partial charge in [-0.15, -0.1) is 0 Å². The van der Waals surface area contributed by atoms with Crippen molar-refractivity contribution < 1.29 is 14.7 Å². The number of aliphatic carboxylic acids is 1. The first-order valence-corrected chi connectivity index (χ1v) is 7.64. The van der Waals surface area contributed by atoms with Crippen molar-refractivity contribution in [1.82, 2.24) is 0 Å². The fourth-order valence-corrected chi connectivity index (χ4v) is 3.12. The van der Waals surface area contributed by atoms with Crippen molar-refractivity contribution >= 4 is 28.2 Å². The molecule has 2 aromatic rings. The molecular formula is C18H19NO3. The van der Waals surface area contributed by atoms with Crippen LogP contribution in [0.5, 0.6) is 0 Å². The zero-order valence-electron chi connectivity index (χ0n) is 12.3. The van der Waals surface area contributed by atoms with Gasteiger partial charge in [-0.1, -0.05) is 30.3 Å². The van der Waals surface area contributed by atoms with Gasteiger partial charge in [-0.3, -0.25) is 9.59 Å². The molecule has 0 amide bonds. The zero-order chi connectivity index (χ0) is 15.5. The van der Waals surface area contributed by atoms with Crippen LogP contribution in [0.4, 0.5) is 5.69 Å². The monoisotopic (exact) mass is 297 g/mol. The van der Waals surface area contributed by atoms with E-state index in [-0.39, 0.29) is 18.1 Å². The number of carbonyl (C=O) groups is 2. The van der Waals surface area contributed by atoms with Crippen molar-refractivity contribution in [1.29, 1.82) is 0 Å². The number of hydrogen-bond donors (Lipinski definition) is 2. The van der Waals surface area contributed by atoms with Crippen molar-refractivity contribution in [2.24, 2.45) is 5.92 Å². The Morgan fingerprint density at radius 1 is 1.14 bits per heavy atom. The quantitative estimate of drug-likeness (QED) is 0.889. The normalized spacial score (nSPS) is 16.8. The number of hydrogen-bond acceptors (Lipinski definition) is 3. The van der Waals surface area contributed by atoms with Crippen LogP contribution in [0.2, 0.25) is 0 Å². The maximum Gasteiger partial charge on any atom is 0.303 e. The molecule has 0 saturated carbocycles. The van der Waals surface area contributed by atoms with E-state index in [0.29, 0.717) is 19.4 Å². The maximum atomic E-state index is 12.3. The minimum atomic E-state index is -0.842. The molecule has 0 bridgehead atoms. The standard InChI is InChI=1S/C18H19NO3/c20-17(6-3-7-18(21)22)13-10-15-14-5-2-1-4-12(14)8-9-16(15)19-11-13/h1-2,4-5,8-9,13,19H,3,6-7,10-11H2,(H,21,22). The summed E-state index contributed by atoms with van der Waals surface area (Å²) < 4.78 is 0. The van der Waals surface area contributed by atoms with Crippen LogP contribution in [0.1, 0.15) is 24.8 Å². The lowest BCUT2D eigenvalue weighted by Gasteiger charge is -2.26. The molecular weight excluding hydrogens is 278 g/mol. The van der Waals surface area contributed by atoms with Crippen LogP contribution in [0.3, 0.4) is 0 Å². The molecule has 0 spiro atoms. The highest BCUT2D eigenvalue weighted by atomic mass is 16.4. The molecule has 1 atom stereocenters. The maximum absolute atomic E-state index is 12.3. The van der Waals surface area contributed by atoms with Crippen molar-refractivity contribution in [2.45, 2.75) is 25.7 Å². The van der Waals surface area contributed by atoms with Crippen molar-refractivity contribution in [3.63, 3.8) is 0 Å². The molecule has 114 valence electrons. The Labute approximate surface area is 129 Å². The molecule has 1 aliphatic heterocycles. The second-order valence-electron chi connectivity index (χ2n) is 5.81. The van der Waals surface area contributed by atoms with Gasteiger partial charge in [0.05, 0.1) is 0 Å². The summed E-state index contributed by atoms with van der Waals surface area (Å²) >= 11 is 0. The summed E-state index contributed by atoms with van der Waals surface area (Å²) in [6, 6.07) is 12.4. The molecule has 0 aliphatic carbocycles. The minimum absolute atomic E-state index is 0.0609. The van der Waals surface area contributed by atoms with E-state index in [0.717, 1.165) is 12.1 Å². The lowest BCUT2D eigenvalue weighted by Crippen LogP contribution is -2.30. The van der Waals surface area contributed by atoms with E-state index < -0.39 is 5.97 Å². The Kier molecular flexibility index (Phi) is 4.09. The van der Waals surface area contributed by atoms with Crippen LogP contribution >= 0.6 is 0 Å². The summed E-state index contributed by atoms with van der Waals surface area (Å²) in [7, 11) is 0. The minimum Gasteiger partial charge on any atom is -0.481 e. The van der Waals surface area contributed by atoms with Gasteiger partial charge < -0.3 is 10.4 Å². The molecule has 3 rings (SSSR count). The number of rotatable bonds is 5. The van der Waals surface area contributed by atoms with Gasteiger partial charge in [-0.05, 0) is 35.2 Å². The number of carboxylic acids is 1. The van der Waals surface area contributed by atoms with E-state index >= 15 is 0 Å². The predicted molar refractivity (Wildman–Crippen MR) is 86.1 cm³/mol. The first kappa shape index (κ1) is 14.6. The number of Topliss-reactive ketones (excluding diaryl/α,β-unsaturated/α-hetero) is 1. The summed E-state index contributed by atoms with van der Waals surface area (Å²) in [5.74, 6) is -0.745. The molecule has 1 heterocycles. The van der Waals surface area contributed by atoms with Gasteiger partial charge in [0.15, 0.2) is 0 Å². The average molecular weight is 297 g/mol. The number of ketones is 1. The third-order valence-electron chi connectivity index (χ3n) is 4.30. The van der Waals surface area contributed by atoms with Gasteiger partial charge in [0.1, 0.15) is 5.78 Å². The van der Waals surface area contributed by atoms with E-state index in [1.165, 1.54) is 16.3 Å². The van der Waals surface area contributed by atoms with E-state index in [2.05, 4.69) is 29.6 Å². The number of anilines is 1. The largest absolute Gasteiger partial charge is 0.481 e. The van der Waals surface area contributed by atoms with Gasteiger partial charge in [-0.2, -0.15) is 0 Å². The summed E-state index contributed by atoms with van der Waals surface area (Å²) in [6.45, 7) is 0.636. The topological polar surface area (TPSA) is 66.4 Å². The molecule has 22 heavy (non-hydrogen) atoms. The van der Waals surface area contributed by atoms with Gasteiger partial charge in [-0.25, -0.2) is 0 Å². The summed E-state index contributed by atoms with van der Waals surface area (Å²) in [5, 5.41) is 14.4. The van der Waals surface area contributed by atoms with Gasteiger partial charge in [0, 0.05) is 31.0 Å². The highest BCUT2D eigenvalue weighted by Crippen LogP contribution is 2.32. The van der Waals surface area contributed by atoms with Crippen LogP contribution in [-0.4, -0.2) is 23.4 Å². The number of nitrogens with one attached hydrogen (secondary N) is 1. The lowest BCUT2D eigenvalue weighted by atomic mass is 9.86. The molecule has 2 aromatic carbocycles. The molecule has 4 nitrogen and oxygen atoms in total. The highest BCUT2D eigenvalue weighted by molar-refractivity contribution is 5.92. The smallest absolute Gasteiger partial charge is 0.303 e. The second kappa shape index (κ2) is 6.18. The Hall–Kier alpha value is -2.36. The van der Waals surface area contributed by atoms with E-state index in [4.69, 9.17) is 5.11 Å². The number of carboxylic acid groups (broad SMARTS) is 1. The molecule has 1 aliphatic rings. The number of fused-ring (bicyclic) bond motifs is 3. The Morgan fingerprint density at radius 2 is 1.95 bits per heavy atom. The first-order valence-electron chi connectivity index (χ1n) is 7.64. The van der Waals surface area contributed by atoms with E-state index in [1.807, 2.05) is 12.1 Å². The summed E-state index contributed by atoms with van der Waals surface area (Å²) in [5.41, 5.74) is 2.30. The van der Waals surface area contributed by atoms with Crippen molar-refractivity contribution in [3.8, 4) is 0 Å². The lowest BCUT2D eigenvalue weighted by molar-refractivity contribution is -0.137. The molecule has 0 fully saturated rings. The summed E-state index contributed by atoms with van der Waals surface area (Å²) in [4.78, 5) is 22.8. The Morgan fingerprint density at radius 3 is 2.77 bits per heavy atom. The van der Waals surface area contributed by atoms with Crippen LogP contribution < -0.4 is 5.32 Å². The third kappa shape index (κ3) is 2.96. The first-order chi connectivity index (χ1) is 10.6. The molecule has 0 aromatic heterocycles. The molecule has 2 N–H and O–H groups in total. The van der Waals surface area contributed by atoms with Crippen LogP contribution in [-0.2, 0) is 16.0 Å².